The Hall–Kier alpha value is -1.31. The average Bonchev–Trinajstić information content (AvgIpc) is 2.35. The van der Waals surface area contributed by atoms with Crippen molar-refractivity contribution in [2.45, 2.75) is 53.4 Å². The van der Waals surface area contributed by atoms with Gasteiger partial charge in [0.25, 0.3) is 0 Å². The lowest BCUT2D eigenvalue weighted by Gasteiger charge is -2.15. The molecule has 2 heteroatoms. The smallest absolute Gasteiger partial charge is 0.314 e. The predicted molar refractivity (Wildman–Crippen MR) is 74.9 cm³/mol. The first-order valence-corrected chi connectivity index (χ1v) is 6.87. The maximum absolute atomic E-state index is 12.1. The van der Waals surface area contributed by atoms with E-state index in [2.05, 4.69) is 6.92 Å². The van der Waals surface area contributed by atoms with Gasteiger partial charge in [-0.25, -0.2) is 0 Å². The third-order valence-corrected chi connectivity index (χ3v) is 3.29. The standard InChI is InChI=1S/C16H24O2/c1-5-7-8-14(6-2)16(17)18-15-11-12(3)9-10-13(15)4/h9-11,14H,5-8H2,1-4H3/t14-/m1/s1. The number of aryl methyl sites for hydroxylation is 2. The molecule has 0 saturated carbocycles. The molecule has 0 N–H and O–H groups in total. The Kier molecular flexibility index (Phi) is 5.90. The summed E-state index contributed by atoms with van der Waals surface area (Å²) in [5.74, 6) is 0.652. The van der Waals surface area contributed by atoms with Crippen molar-refractivity contribution in [3.63, 3.8) is 0 Å². The number of unbranched alkanes of at least 4 members (excludes halogenated alkanes) is 1. The van der Waals surface area contributed by atoms with E-state index >= 15 is 0 Å². The van der Waals surface area contributed by atoms with E-state index in [0.29, 0.717) is 5.75 Å². The number of ether oxygens (including phenoxy) is 1. The van der Waals surface area contributed by atoms with Crippen molar-refractivity contribution in [2.24, 2.45) is 5.92 Å². The minimum Gasteiger partial charge on any atom is -0.426 e. The molecule has 0 bridgehead atoms. The van der Waals surface area contributed by atoms with Crippen LogP contribution in [0.25, 0.3) is 0 Å². The van der Waals surface area contributed by atoms with Gasteiger partial charge in [0.1, 0.15) is 5.75 Å². The van der Waals surface area contributed by atoms with E-state index < -0.39 is 0 Å². The molecular formula is C16H24O2. The van der Waals surface area contributed by atoms with Crippen LogP contribution >= 0.6 is 0 Å². The van der Waals surface area contributed by atoms with E-state index in [1.165, 1.54) is 0 Å². The summed E-state index contributed by atoms with van der Waals surface area (Å²) in [6, 6.07) is 5.95. The van der Waals surface area contributed by atoms with E-state index in [1.807, 2.05) is 39.0 Å². The Labute approximate surface area is 110 Å². The topological polar surface area (TPSA) is 26.3 Å². The summed E-state index contributed by atoms with van der Waals surface area (Å²) < 4.78 is 5.54. The summed E-state index contributed by atoms with van der Waals surface area (Å²) in [4.78, 5) is 12.1. The first kappa shape index (κ1) is 14.7. The second kappa shape index (κ2) is 7.20. The quantitative estimate of drug-likeness (QED) is 0.550. The molecule has 0 aliphatic rings. The van der Waals surface area contributed by atoms with Crippen LogP contribution in [0.5, 0.6) is 5.75 Å². The zero-order valence-electron chi connectivity index (χ0n) is 12.0. The van der Waals surface area contributed by atoms with Gasteiger partial charge >= 0.3 is 5.97 Å². The highest BCUT2D eigenvalue weighted by molar-refractivity contribution is 5.75. The van der Waals surface area contributed by atoms with Gasteiger partial charge in [-0.05, 0) is 43.9 Å². The molecule has 0 saturated heterocycles. The monoisotopic (exact) mass is 248 g/mol. The zero-order chi connectivity index (χ0) is 13.5. The largest absolute Gasteiger partial charge is 0.426 e. The van der Waals surface area contributed by atoms with E-state index in [1.54, 1.807) is 0 Å². The molecule has 1 atom stereocenters. The molecule has 0 spiro atoms. The first-order chi connectivity index (χ1) is 8.58. The van der Waals surface area contributed by atoms with Gasteiger partial charge in [-0.3, -0.25) is 4.79 Å². The fourth-order valence-electron chi connectivity index (χ4n) is 1.95. The van der Waals surface area contributed by atoms with E-state index in [9.17, 15) is 4.79 Å². The SMILES string of the molecule is CCCC[C@@H](CC)C(=O)Oc1cc(C)ccc1C. The highest BCUT2D eigenvalue weighted by Gasteiger charge is 2.18. The molecule has 0 heterocycles. The third kappa shape index (κ3) is 4.17. The van der Waals surface area contributed by atoms with Gasteiger partial charge in [-0.2, -0.15) is 0 Å². The normalized spacial score (nSPS) is 12.2. The van der Waals surface area contributed by atoms with Crippen LogP contribution in [0.4, 0.5) is 0 Å². The summed E-state index contributed by atoms with van der Waals surface area (Å²) in [5, 5.41) is 0. The van der Waals surface area contributed by atoms with E-state index in [-0.39, 0.29) is 11.9 Å². The number of hydrogen-bond acceptors (Lipinski definition) is 2. The number of carbonyl (C=O) groups excluding carboxylic acids is 1. The van der Waals surface area contributed by atoms with E-state index in [4.69, 9.17) is 4.74 Å². The Morgan fingerprint density at radius 2 is 2.00 bits per heavy atom. The summed E-state index contributed by atoms with van der Waals surface area (Å²) in [7, 11) is 0. The van der Waals surface area contributed by atoms with Gasteiger partial charge in [0.15, 0.2) is 0 Å². The second-order valence-corrected chi connectivity index (χ2v) is 4.94. The number of esters is 1. The molecular weight excluding hydrogens is 224 g/mol. The van der Waals surface area contributed by atoms with Crippen LogP contribution in [-0.2, 0) is 4.79 Å². The van der Waals surface area contributed by atoms with Crippen LogP contribution in [0.3, 0.4) is 0 Å². The zero-order valence-corrected chi connectivity index (χ0v) is 12.0. The highest BCUT2D eigenvalue weighted by Crippen LogP contribution is 2.22. The molecule has 0 aliphatic heterocycles. The lowest BCUT2D eigenvalue weighted by atomic mass is 10.00. The van der Waals surface area contributed by atoms with Crippen LogP contribution in [-0.4, -0.2) is 5.97 Å². The van der Waals surface area contributed by atoms with Crippen molar-refractivity contribution in [1.29, 1.82) is 0 Å². The lowest BCUT2D eigenvalue weighted by molar-refractivity contribution is -0.139. The summed E-state index contributed by atoms with van der Waals surface area (Å²) >= 11 is 0. The van der Waals surface area contributed by atoms with Crippen LogP contribution < -0.4 is 4.74 Å². The van der Waals surface area contributed by atoms with Gasteiger partial charge in [-0.1, -0.05) is 38.8 Å². The minimum absolute atomic E-state index is 0.0323. The summed E-state index contributed by atoms with van der Waals surface area (Å²) in [6.07, 6.45) is 3.98. The summed E-state index contributed by atoms with van der Waals surface area (Å²) in [6.45, 7) is 8.16. The van der Waals surface area contributed by atoms with Crippen molar-refractivity contribution in [3.05, 3.63) is 29.3 Å². The Balaban J connectivity index is 2.70. The molecule has 0 radical (unpaired) electrons. The van der Waals surface area contributed by atoms with Gasteiger partial charge < -0.3 is 4.74 Å². The summed E-state index contributed by atoms with van der Waals surface area (Å²) in [5.41, 5.74) is 2.13. The molecule has 0 unspecified atom stereocenters. The number of benzene rings is 1. The van der Waals surface area contributed by atoms with Crippen LogP contribution in [0.2, 0.25) is 0 Å². The minimum atomic E-state index is -0.0837. The van der Waals surface area contributed by atoms with Crippen molar-refractivity contribution in [1.82, 2.24) is 0 Å². The average molecular weight is 248 g/mol. The molecule has 100 valence electrons. The highest BCUT2D eigenvalue weighted by atomic mass is 16.5. The van der Waals surface area contributed by atoms with Crippen molar-refractivity contribution in [2.75, 3.05) is 0 Å². The van der Waals surface area contributed by atoms with Gasteiger partial charge in [-0.15, -0.1) is 0 Å². The molecule has 1 aromatic carbocycles. The lowest BCUT2D eigenvalue weighted by Crippen LogP contribution is -2.20. The first-order valence-electron chi connectivity index (χ1n) is 6.87. The fraction of sp³-hybridized carbons (Fsp3) is 0.562. The molecule has 0 amide bonds. The van der Waals surface area contributed by atoms with Gasteiger partial charge in [0.2, 0.25) is 0 Å². The molecule has 2 nitrogen and oxygen atoms in total. The molecule has 1 rings (SSSR count). The number of rotatable bonds is 6. The Morgan fingerprint density at radius 1 is 1.28 bits per heavy atom. The third-order valence-electron chi connectivity index (χ3n) is 3.29. The van der Waals surface area contributed by atoms with E-state index in [0.717, 1.165) is 36.8 Å². The van der Waals surface area contributed by atoms with Gasteiger partial charge in [0.05, 0.1) is 5.92 Å². The number of carbonyl (C=O) groups is 1. The Morgan fingerprint density at radius 3 is 2.61 bits per heavy atom. The predicted octanol–water partition coefficient (Wildman–Crippen LogP) is 4.43. The molecule has 1 aromatic rings. The van der Waals surface area contributed by atoms with Crippen LogP contribution in [0.15, 0.2) is 18.2 Å². The maximum atomic E-state index is 12.1. The molecule has 0 aromatic heterocycles. The Bertz CT molecular complexity index is 396. The van der Waals surface area contributed by atoms with Crippen molar-refractivity contribution < 1.29 is 9.53 Å². The molecule has 0 fully saturated rings. The van der Waals surface area contributed by atoms with Crippen LogP contribution in [0, 0.1) is 19.8 Å². The molecule has 18 heavy (non-hydrogen) atoms. The fourth-order valence-corrected chi connectivity index (χ4v) is 1.95. The van der Waals surface area contributed by atoms with Crippen molar-refractivity contribution in [3.8, 4) is 5.75 Å². The van der Waals surface area contributed by atoms with Crippen LogP contribution in [0.1, 0.15) is 50.7 Å². The number of hydrogen-bond donors (Lipinski definition) is 0. The second-order valence-electron chi connectivity index (χ2n) is 4.94. The van der Waals surface area contributed by atoms with Gasteiger partial charge in [0, 0.05) is 0 Å². The molecule has 0 aliphatic carbocycles. The maximum Gasteiger partial charge on any atom is 0.314 e. The van der Waals surface area contributed by atoms with Crippen molar-refractivity contribution >= 4 is 5.97 Å².